The number of nitrogens with two attached hydrogens (primary N) is 2. The topological polar surface area (TPSA) is 120 Å². The molecule has 0 bridgehead atoms. The first-order valence-electron chi connectivity index (χ1n) is 7.85. The summed E-state index contributed by atoms with van der Waals surface area (Å²) in [5.74, 6) is 0.0527. The van der Waals surface area contributed by atoms with Crippen LogP contribution in [0.1, 0.15) is 36.9 Å². The second-order valence-corrected chi connectivity index (χ2v) is 7.05. The molecule has 0 fully saturated rings. The molecule has 1 amide bonds. The Bertz CT molecular complexity index is 733. The number of carbonyl (C=O) groups excluding carboxylic acids is 1. The van der Waals surface area contributed by atoms with Gasteiger partial charge in [-0.15, -0.1) is 0 Å². The fourth-order valence-corrected chi connectivity index (χ4v) is 3.63. The average Bonchev–Trinajstić information content (AvgIpc) is 2.54. The minimum absolute atomic E-state index is 0.0545. The van der Waals surface area contributed by atoms with Crippen molar-refractivity contribution in [1.29, 1.82) is 0 Å². The third kappa shape index (κ3) is 3.76. The van der Waals surface area contributed by atoms with E-state index < -0.39 is 0 Å². The zero-order chi connectivity index (χ0) is 17.1. The molecule has 0 saturated heterocycles. The molecule has 126 valence electrons. The van der Waals surface area contributed by atoms with Crippen LogP contribution in [0.25, 0.3) is 0 Å². The highest BCUT2D eigenvalue weighted by Crippen LogP contribution is 2.30. The number of aryl methyl sites for hydroxylation is 1. The summed E-state index contributed by atoms with van der Waals surface area (Å²) in [6.45, 7) is 1.81. The molecular weight excluding hydrogens is 324 g/mol. The lowest BCUT2D eigenvalue weighted by Crippen LogP contribution is -2.36. The number of benzene rings is 1. The Morgan fingerprint density at radius 2 is 1.96 bits per heavy atom. The number of aromatic nitrogens is 3. The number of thioether (sulfide) groups is 1. The lowest BCUT2D eigenvalue weighted by Gasteiger charge is -2.27. The number of nitrogens with one attached hydrogen (secondary N) is 1. The highest BCUT2D eigenvalue weighted by Gasteiger charge is 2.24. The van der Waals surface area contributed by atoms with Gasteiger partial charge < -0.3 is 16.8 Å². The molecule has 5 N–H and O–H groups in total. The van der Waals surface area contributed by atoms with Crippen molar-refractivity contribution >= 4 is 29.6 Å². The number of anilines is 2. The van der Waals surface area contributed by atoms with E-state index in [0.717, 1.165) is 19.3 Å². The van der Waals surface area contributed by atoms with Crippen molar-refractivity contribution in [3.63, 3.8) is 0 Å². The van der Waals surface area contributed by atoms with Gasteiger partial charge in [0.05, 0.1) is 11.3 Å². The number of hydrogen-bond donors (Lipinski definition) is 3. The van der Waals surface area contributed by atoms with E-state index in [2.05, 4.69) is 32.4 Å². The summed E-state index contributed by atoms with van der Waals surface area (Å²) < 4.78 is 0. The van der Waals surface area contributed by atoms with Gasteiger partial charge >= 0.3 is 0 Å². The number of nitrogens with zero attached hydrogens (tertiary/aromatic N) is 3. The third-order valence-corrected chi connectivity index (χ3v) is 4.95. The molecule has 1 aromatic carbocycles. The minimum Gasteiger partial charge on any atom is -0.368 e. The lowest BCUT2D eigenvalue weighted by molar-refractivity contribution is -0.121. The van der Waals surface area contributed by atoms with Crippen molar-refractivity contribution < 1.29 is 4.79 Å². The van der Waals surface area contributed by atoms with Gasteiger partial charge in [-0.2, -0.15) is 15.0 Å². The Balaban J connectivity index is 1.67. The molecule has 1 heterocycles. The monoisotopic (exact) mass is 344 g/mol. The molecule has 0 unspecified atom stereocenters. The van der Waals surface area contributed by atoms with Crippen molar-refractivity contribution in [3.05, 3.63) is 35.4 Å². The molecule has 0 aliphatic heterocycles. The standard InChI is InChI=1S/C16H20N6OS/c1-9(24-16-21-14(17)20-15(18)22-16)13(23)19-12-8-4-6-10-5-2-3-7-11(10)12/h2-3,5,7,9,12H,4,6,8H2,1H3,(H,19,23)(H4,17,18,20,21,22)/t9-,12+/m1/s1. The van der Waals surface area contributed by atoms with Crippen molar-refractivity contribution in [1.82, 2.24) is 20.3 Å². The predicted octanol–water partition coefficient (Wildman–Crippen LogP) is 1.71. The molecule has 0 saturated carbocycles. The molecule has 1 aromatic heterocycles. The van der Waals surface area contributed by atoms with Crippen LogP contribution >= 0.6 is 11.8 Å². The van der Waals surface area contributed by atoms with E-state index in [-0.39, 0.29) is 29.1 Å². The molecule has 1 aliphatic carbocycles. The number of nitrogen functional groups attached to an aromatic ring is 2. The maximum Gasteiger partial charge on any atom is 0.233 e. The molecule has 0 spiro atoms. The first-order chi connectivity index (χ1) is 11.5. The van der Waals surface area contributed by atoms with Crippen molar-refractivity contribution in [2.24, 2.45) is 0 Å². The maximum absolute atomic E-state index is 12.5. The molecule has 0 radical (unpaired) electrons. The second-order valence-electron chi connectivity index (χ2n) is 5.75. The first-order valence-corrected chi connectivity index (χ1v) is 8.73. The third-order valence-electron chi connectivity index (χ3n) is 3.99. The number of rotatable bonds is 4. The molecule has 8 heteroatoms. The van der Waals surface area contributed by atoms with E-state index in [1.54, 1.807) is 0 Å². The number of fused-ring (bicyclic) bond motifs is 1. The Labute approximate surface area is 144 Å². The smallest absolute Gasteiger partial charge is 0.233 e. The van der Waals surface area contributed by atoms with Crippen LogP contribution in [0.3, 0.4) is 0 Å². The van der Waals surface area contributed by atoms with E-state index in [9.17, 15) is 4.79 Å². The normalized spacial score (nSPS) is 17.8. The zero-order valence-electron chi connectivity index (χ0n) is 13.4. The van der Waals surface area contributed by atoms with E-state index in [4.69, 9.17) is 11.5 Å². The average molecular weight is 344 g/mol. The van der Waals surface area contributed by atoms with E-state index in [1.807, 2.05) is 19.1 Å². The fourth-order valence-electron chi connectivity index (χ4n) is 2.85. The lowest BCUT2D eigenvalue weighted by atomic mass is 9.88. The van der Waals surface area contributed by atoms with Gasteiger partial charge in [0.15, 0.2) is 5.16 Å². The Kier molecular flexibility index (Phi) is 4.84. The summed E-state index contributed by atoms with van der Waals surface area (Å²) in [6, 6.07) is 8.32. The van der Waals surface area contributed by atoms with Crippen LogP contribution < -0.4 is 16.8 Å². The van der Waals surface area contributed by atoms with Gasteiger partial charge in [0.25, 0.3) is 0 Å². The Hall–Kier alpha value is -2.35. The summed E-state index contributed by atoms with van der Waals surface area (Å²) in [5, 5.41) is 3.12. The van der Waals surface area contributed by atoms with Gasteiger partial charge in [-0.25, -0.2) is 0 Å². The van der Waals surface area contributed by atoms with Crippen LogP contribution in [0.4, 0.5) is 11.9 Å². The zero-order valence-corrected chi connectivity index (χ0v) is 14.2. The van der Waals surface area contributed by atoms with Gasteiger partial charge in [-0.05, 0) is 37.3 Å². The number of carbonyl (C=O) groups is 1. The second kappa shape index (κ2) is 7.04. The minimum atomic E-state index is -0.361. The van der Waals surface area contributed by atoms with E-state index in [0.29, 0.717) is 5.16 Å². The predicted molar refractivity (Wildman–Crippen MR) is 94.2 cm³/mol. The van der Waals surface area contributed by atoms with Crippen molar-refractivity contribution in [2.45, 2.75) is 42.6 Å². The molecular formula is C16H20N6OS. The summed E-state index contributed by atoms with van der Waals surface area (Å²) in [7, 11) is 0. The maximum atomic E-state index is 12.5. The van der Waals surface area contributed by atoms with E-state index in [1.165, 1.54) is 22.9 Å². The number of amides is 1. The summed E-state index contributed by atoms with van der Waals surface area (Å²) in [5.41, 5.74) is 13.6. The van der Waals surface area contributed by atoms with Crippen LogP contribution in [0.5, 0.6) is 0 Å². The fraction of sp³-hybridized carbons (Fsp3) is 0.375. The first kappa shape index (κ1) is 16.5. The summed E-state index contributed by atoms with van der Waals surface area (Å²) in [6.07, 6.45) is 3.09. The molecule has 24 heavy (non-hydrogen) atoms. The van der Waals surface area contributed by atoms with Gasteiger partial charge in [0.1, 0.15) is 0 Å². The Morgan fingerprint density at radius 1 is 1.25 bits per heavy atom. The van der Waals surface area contributed by atoms with E-state index >= 15 is 0 Å². The molecule has 2 atom stereocenters. The van der Waals surface area contributed by atoms with Crippen LogP contribution in [-0.2, 0) is 11.2 Å². The van der Waals surface area contributed by atoms with Crippen LogP contribution in [0.15, 0.2) is 29.4 Å². The highest BCUT2D eigenvalue weighted by molar-refractivity contribution is 8.00. The largest absolute Gasteiger partial charge is 0.368 e. The van der Waals surface area contributed by atoms with Crippen molar-refractivity contribution in [3.8, 4) is 0 Å². The van der Waals surface area contributed by atoms with Gasteiger partial charge in [-0.1, -0.05) is 36.0 Å². The summed E-state index contributed by atoms with van der Waals surface area (Å²) >= 11 is 1.22. The van der Waals surface area contributed by atoms with Crippen molar-refractivity contribution in [2.75, 3.05) is 11.5 Å². The molecule has 1 aliphatic rings. The summed E-state index contributed by atoms with van der Waals surface area (Å²) in [4.78, 5) is 24.2. The highest BCUT2D eigenvalue weighted by atomic mass is 32.2. The molecule has 7 nitrogen and oxygen atoms in total. The van der Waals surface area contributed by atoms with Crippen LogP contribution in [0, 0.1) is 0 Å². The quantitative estimate of drug-likeness (QED) is 0.722. The van der Waals surface area contributed by atoms with Gasteiger partial charge in [-0.3, -0.25) is 4.79 Å². The molecule has 3 rings (SSSR count). The molecule has 2 aromatic rings. The number of hydrogen-bond acceptors (Lipinski definition) is 7. The van der Waals surface area contributed by atoms with Crippen LogP contribution in [0.2, 0.25) is 0 Å². The SMILES string of the molecule is C[C@@H](Sc1nc(N)nc(N)n1)C(=O)N[C@H]1CCCc2ccccc21. The van der Waals surface area contributed by atoms with Gasteiger partial charge in [0.2, 0.25) is 17.8 Å². The van der Waals surface area contributed by atoms with Gasteiger partial charge in [0, 0.05) is 0 Å². The Morgan fingerprint density at radius 3 is 2.71 bits per heavy atom. The van der Waals surface area contributed by atoms with Crippen LogP contribution in [-0.4, -0.2) is 26.1 Å².